The number of hydrogen-bond donors (Lipinski definition) is 2. The van der Waals surface area contributed by atoms with E-state index in [1.165, 1.54) is 31.9 Å². The second-order valence-corrected chi connectivity index (χ2v) is 5.91. The SMILES string of the molecule is CN(CCCNC(=O)Nc1ccc(Cl)nc1)C1CCCC1. The largest absolute Gasteiger partial charge is 0.338 e. The number of amides is 2. The summed E-state index contributed by atoms with van der Waals surface area (Å²) in [6.07, 6.45) is 7.83. The Morgan fingerprint density at radius 3 is 2.86 bits per heavy atom. The molecule has 0 unspecified atom stereocenters. The van der Waals surface area contributed by atoms with Gasteiger partial charge in [0.2, 0.25) is 0 Å². The number of rotatable bonds is 6. The Labute approximate surface area is 131 Å². The molecule has 1 saturated carbocycles. The van der Waals surface area contributed by atoms with E-state index < -0.39 is 0 Å². The van der Waals surface area contributed by atoms with Crippen molar-refractivity contribution in [2.24, 2.45) is 0 Å². The van der Waals surface area contributed by atoms with Crippen LogP contribution in [0.25, 0.3) is 0 Å². The fourth-order valence-electron chi connectivity index (χ4n) is 2.68. The number of carbonyl (C=O) groups excluding carboxylic acids is 1. The van der Waals surface area contributed by atoms with E-state index >= 15 is 0 Å². The van der Waals surface area contributed by atoms with E-state index in [0.717, 1.165) is 19.0 Å². The van der Waals surface area contributed by atoms with Gasteiger partial charge in [0, 0.05) is 12.6 Å². The Kier molecular flexibility index (Phi) is 6.26. The summed E-state index contributed by atoms with van der Waals surface area (Å²) in [7, 11) is 2.18. The van der Waals surface area contributed by atoms with Crippen molar-refractivity contribution in [3.63, 3.8) is 0 Å². The van der Waals surface area contributed by atoms with Crippen LogP contribution >= 0.6 is 11.6 Å². The van der Waals surface area contributed by atoms with Crippen LogP contribution in [0, 0.1) is 0 Å². The number of aromatic nitrogens is 1. The van der Waals surface area contributed by atoms with Gasteiger partial charge in [-0.05, 0) is 45.0 Å². The average molecular weight is 311 g/mol. The monoisotopic (exact) mass is 310 g/mol. The number of anilines is 1. The van der Waals surface area contributed by atoms with Gasteiger partial charge in [0.1, 0.15) is 5.15 Å². The molecule has 0 aliphatic heterocycles. The Morgan fingerprint density at radius 2 is 2.19 bits per heavy atom. The smallest absolute Gasteiger partial charge is 0.319 e. The normalized spacial score (nSPS) is 15.4. The molecule has 0 saturated heterocycles. The Bertz CT molecular complexity index is 445. The summed E-state index contributed by atoms with van der Waals surface area (Å²) in [4.78, 5) is 18.0. The zero-order chi connectivity index (χ0) is 15.1. The molecule has 1 aromatic rings. The topological polar surface area (TPSA) is 57.3 Å². The molecule has 116 valence electrons. The van der Waals surface area contributed by atoms with Crippen molar-refractivity contribution in [1.29, 1.82) is 0 Å². The molecule has 1 fully saturated rings. The summed E-state index contributed by atoms with van der Waals surface area (Å²) >= 11 is 5.69. The van der Waals surface area contributed by atoms with Crippen LogP contribution in [0.1, 0.15) is 32.1 Å². The number of nitrogens with zero attached hydrogens (tertiary/aromatic N) is 2. The number of hydrogen-bond acceptors (Lipinski definition) is 3. The molecule has 2 amide bonds. The van der Waals surface area contributed by atoms with Gasteiger partial charge in [-0.3, -0.25) is 0 Å². The van der Waals surface area contributed by atoms with Crippen molar-refractivity contribution in [2.45, 2.75) is 38.1 Å². The number of pyridine rings is 1. The van der Waals surface area contributed by atoms with Crippen LogP contribution in [-0.4, -0.2) is 42.1 Å². The van der Waals surface area contributed by atoms with Crippen LogP contribution in [0.15, 0.2) is 18.3 Å². The molecular weight excluding hydrogens is 288 g/mol. The fraction of sp³-hybridized carbons (Fsp3) is 0.600. The van der Waals surface area contributed by atoms with E-state index in [0.29, 0.717) is 17.4 Å². The van der Waals surface area contributed by atoms with Gasteiger partial charge >= 0.3 is 6.03 Å². The maximum atomic E-state index is 11.7. The lowest BCUT2D eigenvalue weighted by Gasteiger charge is -2.23. The lowest BCUT2D eigenvalue weighted by atomic mass is 10.2. The van der Waals surface area contributed by atoms with E-state index in [1.807, 2.05) is 0 Å². The van der Waals surface area contributed by atoms with Crippen molar-refractivity contribution >= 4 is 23.3 Å². The predicted octanol–water partition coefficient (Wildman–Crippen LogP) is 3.12. The summed E-state index contributed by atoms with van der Waals surface area (Å²) in [5.74, 6) is 0. The number of urea groups is 1. The van der Waals surface area contributed by atoms with Crippen molar-refractivity contribution in [3.8, 4) is 0 Å². The van der Waals surface area contributed by atoms with E-state index in [4.69, 9.17) is 11.6 Å². The number of nitrogens with one attached hydrogen (secondary N) is 2. The highest BCUT2D eigenvalue weighted by Crippen LogP contribution is 2.22. The molecule has 2 rings (SSSR count). The molecule has 0 spiro atoms. The molecule has 1 aliphatic carbocycles. The summed E-state index contributed by atoms with van der Waals surface area (Å²) < 4.78 is 0. The highest BCUT2D eigenvalue weighted by molar-refractivity contribution is 6.29. The van der Waals surface area contributed by atoms with Gasteiger partial charge in [0.25, 0.3) is 0 Å². The Balaban J connectivity index is 1.59. The van der Waals surface area contributed by atoms with Gasteiger partial charge in [-0.15, -0.1) is 0 Å². The maximum Gasteiger partial charge on any atom is 0.319 e. The first-order valence-electron chi connectivity index (χ1n) is 7.52. The highest BCUT2D eigenvalue weighted by Gasteiger charge is 2.18. The zero-order valence-corrected chi connectivity index (χ0v) is 13.2. The predicted molar refractivity (Wildman–Crippen MR) is 85.8 cm³/mol. The first kappa shape index (κ1) is 16.0. The van der Waals surface area contributed by atoms with Gasteiger partial charge in [-0.2, -0.15) is 0 Å². The molecule has 21 heavy (non-hydrogen) atoms. The standard InChI is InChI=1S/C15H23ClN4O/c1-20(13-5-2-3-6-13)10-4-9-17-15(21)19-12-7-8-14(16)18-11-12/h7-8,11,13H,2-6,9-10H2,1H3,(H2,17,19,21). The molecule has 6 heteroatoms. The van der Waals surface area contributed by atoms with Gasteiger partial charge < -0.3 is 15.5 Å². The van der Waals surface area contributed by atoms with Crippen molar-refractivity contribution in [1.82, 2.24) is 15.2 Å². The van der Waals surface area contributed by atoms with E-state index in [-0.39, 0.29) is 6.03 Å². The first-order chi connectivity index (χ1) is 10.1. The third-order valence-corrected chi connectivity index (χ3v) is 4.13. The minimum absolute atomic E-state index is 0.206. The van der Waals surface area contributed by atoms with Gasteiger partial charge in [-0.25, -0.2) is 9.78 Å². The number of carbonyl (C=O) groups is 1. The Hall–Kier alpha value is -1.33. The van der Waals surface area contributed by atoms with E-state index in [1.54, 1.807) is 12.1 Å². The molecule has 1 aliphatic rings. The van der Waals surface area contributed by atoms with Gasteiger partial charge in [0.15, 0.2) is 0 Å². The lowest BCUT2D eigenvalue weighted by Crippen LogP contribution is -2.34. The van der Waals surface area contributed by atoms with E-state index in [9.17, 15) is 4.79 Å². The second kappa shape index (κ2) is 8.20. The molecule has 0 radical (unpaired) electrons. The van der Waals surface area contributed by atoms with Crippen molar-refractivity contribution in [3.05, 3.63) is 23.5 Å². The quantitative estimate of drug-likeness (QED) is 0.627. The molecule has 1 heterocycles. The van der Waals surface area contributed by atoms with Crippen LogP contribution < -0.4 is 10.6 Å². The first-order valence-corrected chi connectivity index (χ1v) is 7.89. The molecule has 5 nitrogen and oxygen atoms in total. The molecule has 0 aromatic carbocycles. The van der Waals surface area contributed by atoms with Crippen molar-refractivity contribution < 1.29 is 4.79 Å². The van der Waals surface area contributed by atoms with Crippen LogP contribution in [0.2, 0.25) is 5.15 Å². The molecule has 0 atom stereocenters. The van der Waals surface area contributed by atoms with Crippen LogP contribution in [0.5, 0.6) is 0 Å². The lowest BCUT2D eigenvalue weighted by molar-refractivity contribution is 0.237. The molecule has 2 N–H and O–H groups in total. The maximum absolute atomic E-state index is 11.7. The van der Waals surface area contributed by atoms with Crippen LogP contribution in [-0.2, 0) is 0 Å². The molecular formula is C15H23ClN4O. The zero-order valence-electron chi connectivity index (χ0n) is 12.4. The average Bonchev–Trinajstić information content (AvgIpc) is 3.00. The highest BCUT2D eigenvalue weighted by atomic mass is 35.5. The third-order valence-electron chi connectivity index (χ3n) is 3.91. The fourth-order valence-corrected chi connectivity index (χ4v) is 2.79. The molecule has 0 bridgehead atoms. The molecule has 1 aromatic heterocycles. The van der Waals surface area contributed by atoms with Crippen molar-refractivity contribution in [2.75, 3.05) is 25.5 Å². The summed E-state index contributed by atoms with van der Waals surface area (Å²) in [6.45, 7) is 1.69. The third kappa shape index (κ3) is 5.52. The van der Waals surface area contributed by atoms with E-state index in [2.05, 4.69) is 27.6 Å². The Morgan fingerprint density at radius 1 is 1.43 bits per heavy atom. The summed E-state index contributed by atoms with van der Waals surface area (Å²) in [5, 5.41) is 5.99. The minimum atomic E-state index is -0.206. The van der Waals surface area contributed by atoms with Gasteiger partial charge in [-0.1, -0.05) is 24.4 Å². The minimum Gasteiger partial charge on any atom is -0.338 e. The summed E-state index contributed by atoms with van der Waals surface area (Å²) in [6, 6.07) is 3.90. The second-order valence-electron chi connectivity index (χ2n) is 5.52. The number of halogens is 1. The summed E-state index contributed by atoms with van der Waals surface area (Å²) in [5.41, 5.74) is 0.639. The van der Waals surface area contributed by atoms with Crippen LogP contribution in [0.4, 0.5) is 10.5 Å². The van der Waals surface area contributed by atoms with Crippen LogP contribution in [0.3, 0.4) is 0 Å². The van der Waals surface area contributed by atoms with Gasteiger partial charge in [0.05, 0.1) is 11.9 Å².